The van der Waals surface area contributed by atoms with Gasteiger partial charge in [0.25, 0.3) is 0 Å². The Kier molecular flexibility index (Phi) is 5.36. The lowest BCUT2D eigenvalue weighted by molar-refractivity contribution is -0.248. The molecule has 0 saturated heterocycles. The molecule has 4 nitrogen and oxygen atoms in total. The van der Waals surface area contributed by atoms with Crippen molar-refractivity contribution >= 4 is 12.3 Å². The zero-order valence-corrected chi connectivity index (χ0v) is 22.0. The molecule has 5 rings (SSSR count). The Morgan fingerprint density at radius 2 is 1.56 bits per heavy atom. The number of aliphatic hydroxyl groups excluding tert-OH is 1. The number of carbonyl (C=O) groups is 2. The molecule has 190 valence electrons. The molecular weight excluding hydrogens is 424 g/mol. The Labute approximate surface area is 206 Å². The van der Waals surface area contributed by atoms with Crippen LogP contribution < -0.4 is 0 Å². The third kappa shape index (κ3) is 2.75. The molecule has 0 aromatic rings. The van der Waals surface area contributed by atoms with E-state index < -0.39 is 11.4 Å². The number of allylic oxidation sites excluding steroid dienone is 1. The maximum Gasteiger partial charge on any atom is 0.309 e. The molecule has 0 amide bonds. The van der Waals surface area contributed by atoms with E-state index in [4.69, 9.17) is 0 Å². The molecule has 3 unspecified atom stereocenters. The van der Waals surface area contributed by atoms with Crippen molar-refractivity contribution in [2.75, 3.05) is 0 Å². The van der Waals surface area contributed by atoms with Gasteiger partial charge in [-0.3, -0.25) is 9.59 Å². The number of hydrogen-bond acceptors (Lipinski definition) is 3. The highest BCUT2D eigenvalue weighted by Gasteiger charge is 2.72. The van der Waals surface area contributed by atoms with Crippen LogP contribution in [0.25, 0.3) is 0 Å². The van der Waals surface area contributed by atoms with Crippen molar-refractivity contribution in [1.29, 1.82) is 0 Å². The molecule has 0 radical (unpaired) electrons. The van der Waals surface area contributed by atoms with Gasteiger partial charge in [-0.15, -0.1) is 0 Å². The van der Waals surface area contributed by atoms with E-state index in [0.717, 1.165) is 64.1 Å². The first kappa shape index (κ1) is 24.5. The van der Waals surface area contributed by atoms with Gasteiger partial charge >= 0.3 is 5.97 Å². The van der Waals surface area contributed by atoms with E-state index in [0.29, 0.717) is 29.7 Å². The smallest absolute Gasteiger partial charge is 0.309 e. The lowest BCUT2D eigenvalue weighted by Crippen LogP contribution is -2.67. The molecular formula is C30H46O4. The van der Waals surface area contributed by atoms with Crippen LogP contribution in [0.2, 0.25) is 0 Å². The Morgan fingerprint density at radius 3 is 2.21 bits per heavy atom. The topological polar surface area (TPSA) is 74.6 Å². The van der Waals surface area contributed by atoms with E-state index in [1.54, 1.807) is 0 Å². The molecule has 34 heavy (non-hydrogen) atoms. The lowest BCUT2D eigenvalue weighted by atomic mass is 9.32. The molecule has 5 fully saturated rings. The quantitative estimate of drug-likeness (QED) is 0.377. The highest BCUT2D eigenvalue weighted by molar-refractivity contribution is 5.78. The number of carboxylic acid groups (broad SMARTS) is 1. The Hall–Kier alpha value is -1.16. The molecule has 0 aromatic carbocycles. The van der Waals surface area contributed by atoms with E-state index in [-0.39, 0.29) is 39.6 Å². The average Bonchev–Trinajstić information content (AvgIpc) is 3.18. The minimum atomic E-state index is -0.692. The van der Waals surface area contributed by atoms with Gasteiger partial charge in [0.2, 0.25) is 0 Å². The van der Waals surface area contributed by atoms with Crippen molar-refractivity contribution in [3.8, 4) is 0 Å². The third-order valence-corrected chi connectivity index (χ3v) is 13.5. The molecule has 4 heteroatoms. The van der Waals surface area contributed by atoms with Crippen molar-refractivity contribution in [3.05, 3.63) is 12.2 Å². The van der Waals surface area contributed by atoms with Crippen LogP contribution in [0.3, 0.4) is 0 Å². The summed E-state index contributed by atoms with van der Waals surface area (Å²) in [5.74, 6) is 0.830. The van der Waals surface area contributed by atoms with Crippen LogP contribution in [0, 0.1) is 56.7 Å². The van der Waals surface area contributed by atoms with E-state index in [9.17, 15) is 19.8 Å². The third-order valence-electron chi connectivity index (χ3n) is 13.5. The first-order valence-corrected chi connectivity index (χ1v) is 13.8. The van der Waals surface area contributed by atoms with Gasteiger partial charge in [0, 0.05) is 0 Å². The Morgan fingerprint density at radius 1 is 0.853 bits per heavy atom. The summed E-state index contributed by atoms with van der Waals surface area (Å²) < 4.78 is 0. The van der Waals surface area contributed by atoms with E-state index in [1.165, 1.54) is 0 Å². The van der Waals surface area contributed by atoms with E-state index >= 15 is 0 Å². The maximum absolute atomic E-state index is 12.8. The van der Waals surface area contributed by atoms with Gasteiger partial charge in [0.1, 0.15) is 6.29 Å². The number of aldehydes is 1. The van der Waals surface area contributed by atoms with Crippen LogP contribution in [0.1, 0.15) is 98.8 Å². The number of aliphatic hydroxyl groups is 1. The van der Waals surface area contributed by atoms with Gasteiger partial charge in [0.15, 0.2) is 0 Å². The number of carbonyl (C=O) groups excluding carboxylic acids is 1. The lowest BCUT2D eigenvalue weighted by Gasteiger charge is -2.72. The summed E-state index contributed by atoms with van der Waals surface area (Å²) in [6.45, 7) is 16.2. The second-order valence-corrected chi connectivity index (χ2v) is 14.4. The molecule has 0 aliphatic heterocycles. The molecule has 0 bridgehead atoms. The Balaban J connectivity index is 1.57. The van der Waals surface area contributed by atoms with Gasteiger partial charge in [-0.25, -0.2) is 0 Å². The molecule has 2 N–H and O–H groups in total. The van der Waals surface area contributed by atoms with Crippen LogP contribution in [0.15, 0.2) is 12.2 Å². The number of aliphatic carboxylic acids is 1. The number of rotatable bonds is 3. The van der Waals surface area contributed by atoms with Gasteiger partial charge in [-0.1, -0.05) is 41.2 Å². The highest BCUT2D eigenvalue weighted by Crippen LogP contribution is 2.77. The predicted octanol–water partition coefficient (Wildman–Crippen LogP) is 6.27. The van der Waals surface area contributed by atoms with Crippen molar-refractivity contribution in [2.45, 2.75) is 105 Å². The summed E-state index contributed by atoms with van der Waals surface area (Å²) in [7, 11) is 0. The molecule has 0 spiro atoms. The van der Waals surface area contributed by atoms with Gasteiger partial charge in [0.05, 0.1) is 11.5 Å². The molecule has 5 saturated carbocycles. The second-order valence-electron chi connectivity index (χ2n) is 14.4. The van der Waals surface area contributed by atoms with Crippen LogP contribution >= 0.6 is 0 Å². The van der Waals surface area contributed by atoms with Crippen molar-refractivity contribution in [1.82, 2.24) is 0 Å². The van der Waals surface area contributed by atoms with Crippen molar-refractivity contribution in [2.24, 2.45) is 56.7 Å². The SMILES string of the molecule is C=C(C=O)C1CC[C@]2(C(=O)O)CC[C@]3(C)[C@H](CC[C@@H]4[C@@]5(C)CC[C@H](O)C(C)(C)C5CC[C@]43C)C12. The van der Waals surface area contributed by atoms with Gasteiger partial charge in [-0.2, -0.15) is 0 Å². The first-order chi connectivity index (χ1) is 15.8. The fourth-order valence-corrected chi connectivity index (χ4v) is 11.5. The van der Waals surface area contributed by atoms with Crippen LogP contribution in [-0.4, -0.2) is 28.6 Å². The summed E-state index contributed by atoms with van der Waals surface area (Å²) in [4.78, 5) is 24.5. The molecule has 5 aliphatic carbocycles. The second kappa shape index (κ2) is 7.43. The normalized spacial score (nSPS) is 53.6. The summed E-state index contributed by atoms with van der Waals surface area (Å²) in [6, 6.07) is 0. The monoisotopic (exact) mass is 470 g/mol. The number of fused-ring (bicyclic) bond motifs is 7. The van der Waals surface area contributed by atoms with E-state index in [1.807, 2.05) is 0 Å². The molecule has 0 aromatic heterocycles. The summed E-state index contributed by atoms with van der Waals surface area (Å²) in [5, 5.41) is 21.4. The zero-order chi connectivity index (χ0) is 24.9. The fraction of sp³-hybridized carbons (Fsp3) is 0.867. The average molecular weight is 471 g/mol. The van der Waals surface area contributed by atoms with Crippen molar-refractivity contribution < 1.29 is 19.8 Å². The van der Waals surface area contributed by atoms with E-state index in [2.05, 4.69) is 41.2 Å². The summed E-state index contributed by atoms with van der Waals surface area (Å²) >= 11 is 0. The molecule has 0 heterocycles. The Bertz CT molecular complexity index is 907. The standard InChI is InChI=1S/C30H46O4/c1-18(17-31)19-9-14-30(25(33)34)16-15-28(5)20(24(19)30)7-8-22-27(4)12-11-23(32)26(2,3)21(27)10-13-29(22,28)6/h17,19-24,32H,1,7-16H2,2-6H3,(H,33,34)/t19?,20-,21?,22-,23+,24?,27+,28-,29-,30+/m1/s1. The van der Waals surface area contributed by atoms with Crippen LogP contribution in [-0.2, 0) is 9.59 Å². The number of carboxylic acids is 1. The van der Waals surface area contributed by atoms with Gasteiger partial charge in [-0.05, 0) is 121 Å². The molecule has 5 aliphatic rings. The highest BCUT2D eigenvalue weighted by atomic mass is 16.4. The fourth-order valence-electron chi connectivity index (χ4n) is 11.5. The molecule has 10 atom stereocenters. The first-order valence-electron chi connectivity index (χ1n) is 13.8. The predicted molar refractivity (Wildman–Crippen MR) is 133 cm³/mol. The van der Waals surface area contributed by atoms with Crippen LogP contribution in [0.5, 0.6) is 0 Å². The summed E-state index contributed by atoms with van der Waals surface area (Å²) in [5.41, 5.74) is 0.298. The zero-order valence-electron chi connectivity index (χ0n) is 22.0. The number of hydrogen-bond donors (Lipinski definition) is 2. The largest absolute Gasteiger partial charge is 0.481 e. The summed E-state index contributed by atoms with van der Waals surface area (Å²) in [6.07, 6.45) is 10.3. The maximum atomic E-state index is 12.8. The minimum absolute atomic E-state index is 0.00839. The van der Waals surface area contributed by atoms with Gasteiger partial charge < -0.3 is 10.2 Å². The van der Waals surface area contributed by atoms with Crippen LogP contribution in [0.4, 0.5) is 0 Å². The van der Waals surface area contributed by atoms with Crippen molar-refractivity contribution in [3.63, 3.8) is 0 Å². The minimum Gasteiger partial charge on any atom is -0.481 e.